The zero-order valence-corrected chi connectivity index (χ0v) is 9.44. The van der Waals surface area contributed by atoms with E-state index in [4.69, 9.17) is 6.42 Å². The van der Waals surface area contributed by atoms with Crippen LogP contribution in [0.2, 0.25) is 0 Å². The van der Waals surface area contributed by atoms with Crippen molar-refractivity contribution in [2.24, 2.45) is 0 Å². The van der Waals surface area contributed by atoms with Crippen molar-refractivity contribution < 1.29 is 0 Å². The van der Waals surface area contributed by atoms with E-state index in [1.54, 1.807) is 11.3 Å². The number of hydrogen-bond acceptors (Lipinski definition) is 2. The Bertz CT molecular complexity index is 271. The van der Waals surface area contributed by atoms with Crippen LogP contribution in [0.15, 0.2) is 16.8 Å². The van der Waals surface area contributed by atoms with Gasteiger partial charge in [0.05, 0.1) is 0 Å². The van der Waals surface area contributed by atoms with Gasteiger partial charge in [-0.05, 0) is 41.8 Å². The molecule has 14 heavy (non-hydrogen) atoms. The van der Waals surface area contributed by atoms with Gasteiger partial charge >= 0.3 is 0 Å². The lowest BCUT2D eigenvalue weighted by molar-refractivity contribution is 0.507. The third-order valence-corrected chi connectivity index (χ3v) is 2.87. The minimum Gasteiger partial charge on any atom is -0.310 e. The summed E-state index contributed by atoms with van der Waals surface area (Å²) in [7, 11) is 0. The second-order valence-electron chi connectivity index (χ2n) is 3.31. The largest absolute Gasteiger partial charge is 0.310 e. The van der Waals surface area contributed by atoms with Gasteiger partial charge in [-0.1, -0.05) is 6.92 Å². The first-order chi connectivity index (χ1) is 6.88. The van der Waals surface area contributed by atoms with Crippen LogP contribution < -0.4 is 5.32 Å². The van der Waals surface area contributed by atoms with E-state index in [2.05, 4.69) is 35.0 Å². The smallest absolute Gasteiger partial charge is 0.0337 e. The number of rotatable bonds is 6. The minimum atomic E-state index is 0.442. The number of terminal acetylenes is 1. The Kier molecular flexibility index (Phi) is 5.36. The normalized spacial score (nSPS) is 12.3. The monoisotopic (exact) mass is 207 g/mol. The molecule has 0 fully saturated rings. The van der Waals surface area contributed by atoms with Crippen LogP contribution in [-0.4, -0.2) is 6.54 Å². The number of hydrogen-bond donors (Lipinski definition) is 1. The zero-order valence-electron chi connectivity index (χ0n) is 8.62. The molecular weight excluding hydrogens is 190 g/mol. The first kappa shape index (κ1) is 11.3. The van der Waals surface area contributed by atoms with Crippen LogP contribution in [0.25, 0.3) is 0 Å². The Balaban J connectivity index is 2.49. The first-order valence-corrected chi connectivity index (χ1v) is 6.01. The highest BCUT2D eigenvalue weighted by Gasteiger charge is 2.09. The SMILES string of the molecule is C#CCCC(NCCC)c1ccsc1. The molecule has 2 heteroatoms. The summed E-state index contributed by atoms with van der Waals surface area (Å²) >= 11 is 1.74. The molecule has 0 aliphatic rings. The fraction of sp³-hybridized carbons (Fsp3) is 0.500. The van der Waals surface area contributed by atoms with Crippen LogP contribution in [0.3, 0.4) is 0 Å². The van der Waals surface area contributed by atoms with Crippen molar-refractivity contribution in [3.8, 4) is 12.3 Å². The summed E-state index contributed by atoms with van der Waals surface area (Å²) in [6.07, 6.45) is 8.33. The van der Waals surface area contributed by atoms with Gasteiger partial charge in [-0.2, -0.15) is 11.3 Å². The molecule has 0 amide bonds. The predicted octanol–water partition coefficient (Wildman–Crippen LogP) is 3.20. The van der Waals surface area contributed by atoms with Crippen molar-refractivity contribution in [2.75, 3.05) is 6.54 Å². The topological polar surface area (TPSA) is 12.0 Å². The van der Waals surface area contributed by atoms with E-state index in [-0.39, 0.29) is 0 Å². The Hall–Kier alpha value is -0.780. The van der Waals surface area contributed by atoms with E-state index in [0.29, 0.717) is 6.04 Å². The molecule has 1 N–H and O–H groups in total. The summed E-state index contributed by atoms with van der Waals surface area (Å²) in [5.74, 6) is 2.70. The van der Waals surface area contributed by atoms with Crippen molar-refractivity contribution >= 4 is 11.3 Å². The summed E-state index contributed by atoms with van der Waals surface area (Å²) in [4.78, 5) is 0. The molecule has 1 nitrogen and oxygen atoms in total. The summed E-state index contributed by atoms with van der Waals surface area (Å²) in [6.45, 7) is 3.24. The van der Waals surface area contributed by atoms with Crippen molar-refractivity contribution in [1.82, 2.24) is 5.32 Å². The average molecular weight is 207 g/mol. The molecule has 0 spiro atoms. The van der Waals surface area contributed by atoms with Crippen LogP contribution in [-0.2, 0) is 0 Å². The van der Waals surface area contributed by atoms with Gasteiger partial charge in [0.15, 0.2) is 0 Å². The Morgan fingerprint density at radius 1 is 1.64 bits per heavy atom. The van der Waals surface area contributed by atoms with Gasteiger partial charge < -0.3 is 5.32 Å². The van der Waals surface area contributed by atoms with E-state index < -0.39 is 0 Å². The van der Waals surface area contributed by atoms with Gasteiger partial charge in [-0.3, -0.25) is 0 Å². The third-order valence-electron chi connectivity index (χ3n) is 2.16. The van der Waals surface area contributed by atoms with E-state index in [1.165, 1.54) is 5.56 Å². The minimum absolute atomic E-state index is 0.442. The van der Waals surface area contributed by atoms with Crippen LogP contribution in [0.4, 0.5) is 0 Å². The van der Waals surface area contributed by atoms with Gasteiger partial charge in [0.2, 0.25) is 0 Å². The fourth-order valence-electron chi connectivity index (χ4n) is 1.41. The number of nitrogens with one attached hydrogen (secondary N) is 1. The molecule has 0 bridgehead atoms. The van der Waals surface area contributed by atoms with Gasteiger partial charge in [-0.15, -0.1) is 12.3 Å². The zero-order chi connectivity index (χ0) is 10.2. The van der Waals surface area contributed by atoms with Crippen molar-refractivity contribution in [3.05, 3.63) is 22.4 Å². The summed E-state index contributed by atoms with van der Waals surface area (Å²) in [5.41, 5.74) is 1.37. The summed E-state index contributed by atoms with van der Waals surface area (Å²) in [6, 6.07) is 2.62. The Morgan fingerprint density at radius 3 is 3.07 bits per heavy atom. The van der Waals surface area contributed by atoms with Crippen molar-refractivity contribution in [2.45, 2.75) is 32.2 Å². The molecule has 1 aromatic heterocycles. The first-order valence-electron chi connectivity index (χ1n) is 5.07. The van der Waals surface area contributed by atoms with Crippen LogP contribution >= 0.6 is 11.3 Å². The van der Waals surface area contributed by atoms with Gasteiger partial charge in [0.25, 0.3) is 0 Å². The molecular formula is C12H17NS. The molecule has 1 aromatic rings. The van der Waals surface area contributed by atoms with Crippen LogP contribution in [0.1, 0.15) is 37.8 Å². The second-order valence-corrected chi connectivity index (χ2v) is 4.09. The maximum Gasteiger partial charge on any atom is 0.0337 e. The lowest BCUT2D eigenvalue weighted by atomic mass is 10.1. The quantitative estimate of drug-likeness (QED) is 0.706. The molecule has 0 aliphatic heterocycles. The maximum absolute atomic E-state index is 5.28. The van der Waals surface area contributed by atoms with Crippen LogP contribution in [0, 0.1) is 12.3 Å². The van der Waals surface area contributed by atoms with E-state index in [9.17, 15) is 0 Å². The Morgan fingerprint density at radius 2 is 2.50 bits per heavy atom. The lowest BCUT2D eigenvalue weighted by Crippen LogP contribution is -2.21. The molecule has 1 unspecified atom stereocenters. The van der Waals surface area contributed by atoms with E-state index in [1.807, 2.05) is 0 Å². The van der Waals surface area contributed by atoms with E-state index in [0.717, 1.165) is 25.8 Å². The molecule has 0 aliphatic carbocycles. The summed E-state index contributed by atoms with van der Waals surface area (Å²) in [5, 5.41) is 7.83. The predicted molar refractivity (Wildman–Crippen MR) is 63.4 cm³/mol. The molecule has 0 aromatic carbocycles. The molecule has 0 saturated heterocycles. The standard InChI is InChI=1S/C12H17NS/c1-3-5-6-12(13-8-4-2)11-7-9-14-10-11/h1,7,9-10,12-13H,4-6,8H2,2H3. The number of thiophene rings is 1. The van der Waals surface area contributed by atoms with E-state index >= 15 is 0 Å². The molecule has 1 heterocycles. The molecule has 76 valence electrons. The highest BCUT2D eigenvalue weighted by molar-refractivity contribution is 7.07. The van der Waals surface area contributed by atoms with Crippen LogP contribution in [0.5, 0.6) is 0 Å². The molecule has 1 rings (SSSR count). The van der Waals surface area contributed by atoms with Crippen molar-refractivity contribution in [3.63, 3.8) is 0 Å². The summed E-state index contributed by atoms with van der Waals surface area (Å²) < 4.78 is 0. The van der Waals surface area contributed by atoms with Gasteiger partial charge in [0, 0.05) is 12.5 Å². The van der Waals surface area contributed by atoms with Crippen molar-refractivity contribution in [1.29, 1.82) is 0 Å². The molecule has 0 radical (unpaired) electrons. The Labute approximate surface area is 90.5 Å². The molecule has 0 saturated carbocycles. The highest BCUT2D eigenvalue weighted by atomic mass is 32.1. The lowest BCUT2D eigenvalue weighted by Gasteiger charge is -2.15. The highest BCUT2D eigenvalue weighted by Crippen LogP contribution is 2.20. The van der Waals surface area contributed by atoms with Gasteiger partial charge in [0.1, 0.15) is 0 Å². The average Bonchev–Trinajstić information content (AvgIpc) is 2.71. The second kappa shape index (κ2) is 6.64. The fourth-order valence-corrected chi connectivity index (χ4v) is 2.12. The molecule has 1 atom stereocenters. The maximum atomic E-state index is 5.28. The third kappa shape index (κ3) is 3.53. The van der Waals surface area contributed by atoms with Gasteiger partial charge in [-0.25, -0.2) is 0 Å².